The first-order valence-electron chi connectivity index (χ1n) is 10.9. The van der Waals surface area contributed by atoms with E-state index in [2.05, 4.69) is 26.0 Å². The van der Waals surface area contributed by atoms with Gasteiger partial charge in [-0.1, -0.05) is 12.1 Å². The van der Waals surface area contributed by atoms with Gasteiger partial charge in [0.1, 0.15) is 17.3 Å². The topological polar surface area (TPSA) is 113 Å². The second-order valence-corrected chi connectivity index (χ2v) is 7.41. The monoisotopic (exact) mass is 458 g/mol. The van der Waals surface area contributed by atoms with Crippen LogP contribution in [0.15, 0.2) is 85.3 Å². The number of nitrogens with zero attached hydrogens (tertiary/aromatic N) is 3. The maximum absolute atomic E-state index is 12.5. The molecule has 2 aromatic heterocycles. The molecule has 0 unspecified atom stereocenters. The molecule has 0 aliphatic heterocycles. The van der Waals surface area contributed by atoms with Crippen LogP contribution in [0.2, 0.25) is 0 Å². The summed E-state index contributed by atoms with van der Waals surface area (Å²) in [6.45, 7) is 1.52. The van der Waals surface area contributed by atoms with E-state index in [1.807, 2.05) is 24.3 Å². The Morgan fingerprint density at radius 3 is 2.32 bits per heavy atom. The zero-order valence-electron chi connectivity index (χ0n) is 18.5. The Bertz CT molecular complexity index is 1180. The molecule has 0 saturated carbocycles. The number of pyridine rings is 1. The van der Waals surface area contributed by atoms with Gasteiger partial charge in [0.2, 0.25) is 0 Å². The zero-order valence-corrected chi connectivity index (χ0v) is 18.5. The third-order valence-electron chi connectivity index (χ3n) is 4.94. The molecule has 4 aromatic rings. The molecule has 9 heteroatoms. The number of aliphatic hydroxyl groups is 1. The largest absolute Gasteiger partial charge is 0.457 e. The third-order valence-corrected chi connectivity index (χ3v) is 4.94. The molecule has 34 heavy (non-hydrogen) atoms. The van der Waals surface area contributed by atoms with E-state index < -0.39 is 0 Å². The molecule has 0 aliphatic rings. The second kappa shape index (κ2) is 11.6. The molecule has 4 rings (SSSR count). The van der Waals surface area contributed by atoms with Crippen LogP contribution >= 0.6 is 0 Å². The van der Waals surface area contributed by atoms with Gasteiger partial charge >= 0.3 is 6.03 Å². The van der Waals surface area contributed by atoms with Crippen LogP contribution < -0.4 is 20.7 Å². The van der Waals surface area contributed by atoms with E-state index in [4.69, 9.17) is 9.84 Å². The van der Waals surface area contributed by atoms with Gasteiger partial charge in [-0.25, -0.2) is 9.48 Å². The fourth-order valence-electron chi connectivity index (χ4n) is 3.27. The Morgan fingerprint density at radius 1 is 0.853 bits per heavy atom. The Morgan fingerprint density at radius 2 is 1.59 bits per heavy atom. The maximum Gasteiger partial charge on any atom is 0.324 e. The number of ether oxygens (including phenoxy) is 1. The van der Waals surface area contributed by atoms with Crippen LogP contribution in [-0.4, -0.2) is 45.6 Å². The standard InChI is InChI=1S/C25H26N6O3/c32-18-17-27-13-9-19-1-5-21(6-2-19)31-24(12-16-28-31)30-25(33)29-20-3-7-22(8-4-20)34-23-10-14-26-15-11-23/h1-8,10-12,14-16,27,32H,9,13,17-18H2,(H2,29,30,33). The number of rotatable bonds is 10. The van der Waals surface area contributed by atoms with Crippen molar-refractivity contribution in [3.8, 4) is 17.2 Å². The lowest BCUT2D eigenvalue weighted by atomic mass is 10.1. The molecule has 2 heterocycles. The van der Waals surface area contributed by atoms with E-state index in [1.54, 1.807) is 65.7 Å². The molecule has 2 aromatic carbocycles. The van der Waals surface area contributed by atoms with Crippen LogP contribution in [0.3, 0.4) is 0 Å². The predicted molar refractivity (Wildman–Crippen MR) is 131 cm³/mol. The molecule has 174 valence electrons. The normalized spacial score (nSPS) is 10.6. The molecule has 4 N–H and O–H groups in total. The van der Waals surface area contributed by atoms with E-state index in [0.29, 0.717) is 29.5 Å². The average Bonchev–Trinajstić information content (AvgIpc) is 3.32. The highest BCUT2D eigenvalue weighted by Crippen LogP contribution is 2.22. The predicted octanol–water partition coefficient (Wildman–Crippen LogP) is 3.83. The van der Waals surface area contributed by atoms with Crippen molar-refractivity contribution in [2.24, 2.45) is 0 Å². The number of urea groups is 1. The molecule has 0 bridgehead atoms. The molecule has 2 amide bonds. The average molecular weight is 459 g/mol. The second-order valence-electron chi connectivity index (χ2n) is 7.41. The van der Waals surface area contributed by atoms with Gasteiger partial charge in [0.05, 0.1) is 18.5 Å². The summed E-state index contributed by atoms with van der Waals surface area (Å²) in [5.74, 6) is 1.89. The van der Waals surface area contributed by atoms with Crippen LogP contribution in [0.25, 0.3) is 5.69 Å². The van der Waals surface area contributed by atoms with Crippen LogP contribution in [0, 0.1) is 0 Å². The lowest BCUT2D eigenvalue weighted by Crippen LogP contribution is -2.21. The number of hydrogen-bond donors (Lipinski definition) is 4. The van der Waals surface area contributed by atoms with Gasteiger partial charge < -0.3 is 20.5 Å². The highest BCUT2D eigenvalue weighted by molar-refractivity contribution is 5.99. The molecule has 0 spiro atoms. The van der Waals surface area contributed by atoms with Crippen LogP contribution in [0.1, 0.15) is 5.56 Å². The molecular weight excluding hydrogens is 432 g/mol. The van der Waals surface area contributed by atoms with Gasteiger partial charge in [0.15, 0.2) is 0 Å². The van der Waals surface area contributed by atoms with Gasteiger partial charge in [-0.05, 0) is 67.1 Å². The fraction of sp³-hybridized carbons (Fsp3) is 0.160. The van der Waals surface area contributed by atoms with E-state index in [1.165, 1.54) is 5.56 Å². The molecule has 0 radical (unpaired) electrons. The van der Waals surface area contributed by atoms with Gasteiger partial charge in [0.25, 0.3) is 0 Å². The number of carbonyl (C=O) groups excluding carboxylic acids is 1. The number of carbonyl (C=O) groups is 1. The summed E-state index contributed by atoms with van der Waals surface area (Å²) in [5, 5.41) is 22.0. The fourth-order valence-corrected chi connectivity index (χ4v) is 3.27. The summed E-state index contributed by atoms with van der Waals surface area (Å²) in [5.41, 5.74) is 2.64. The number of anilines is 2. The SMILES string of the molecule is O=C(Nc1ccc(Oc2ccncc2)cc1)Nc1ccnn1-c1ccc(CCNCCO)cc1. The van der Waals surface area contributed by atoms with Crippen LogP contribution in [0.5, 0.6) is 11.5 Å². The summed E-state index contributed by atoms with van der Waals surface area (Å²) in [6, 6.07) is 19.9. The van der Waals surface area contributed by atoms with Gasteiger partial charge in [-0.15, -0.1) is 0 Å². The van der Waals surface area contributed by atoms with Crippen molar-refractivity contribution in [2.45, 2.75) is 6.42 Å². The van der Waals surface area contributed by atoms with Crippen molar-refractivity contribution >= 4 is 17.5 Å². The van der Waals surface area contributed by atoms with E-state index >= 15 is 0 Å². The summed E-state index contributed by atoms with van der Waals surface area (Å²) in [4.78, 5) is 16.5. The molecule has 0 saturated heterocycles. The Hall–Kier alpha value is -4.21. The lowest BCUT2D eigenvalue weighted by molar-refractivity contribution is 0.262. The molecule has 0 fully saturated rings. The maximum atomic E-state index is 12.5. The number of aliphatic hydroxyl groups excluding tert-OH is 1. The number of hydrogen-bond acceptors (Lipinski definition) is 6. The van der Waals surface area contributed by atoms with Crippen molar-refractivity contribution in [3.63, 3.8) is 0 Å². The quantitative estimate of drug-likeness (QED) is 0.269. The highest BCUT2D eigenvalue weighted by atomic mass is 16.5. The first-order chi connectivity index (χ1) is 16.7. The van der Waals surface area contributed by atoms with Crippen molar-refractivity contribution in [2.75, 3.05) is 30.3 Å². The first-order valence-corrected chi connectivity index (χ1v) is 10.9. The van der Waals surface area contributed by atoms with E-state index in [-0.39, 0.29) is 12.6 Å². The number of benzene rings is 2. The zero-order chi connectivity index (χ0) is 23.6. The summed E-state index contributed by atoms with van der Waals surface area (Å²) in [6.07, 6.45) is 5.81. The van der Waals surface area contributed by atoms with Crippen molar-refractivity contribution in [1.29, 1.82) is 0 Å². The van der Waals surface area contributed by atoms with Gasteiger partial charge in [-0.3, -0.25) is 10.3 Å². The van der Waals surface area contributed by atoms with Crippen molar-refractivity contribution in [3.05, 3.63) is 90.9 Å². The van der Waals surface area contributed by atoms with E-state index in [0.717, 1.165) is 18.7 Å². The van der Waals surface area contributed by atoms with Gasteiger partial charge in [-0.2, -0.15) is 5.10 Å². The molecule has 0 atom stereocenters. The summed E-state index contributed by atoms with van der Waals surface area (Å²) < 4.78 is 7.40. The Labute approximate surface area is 197 Å². The van der Waals surface area contributed by atoms with Crippen molar-refractivity contribution in [1.82, 2.24) is 20.1 Å². The molecule has 0 aliphatic carbocycles. The summed E-state index contributed by atoms with van der Waals surface area (Å²) >= 11 is 0. The van der Waals surface area contributed by atoms with Crippen LogP contribution in [0.4, 0.5) is 16.3 Å². The third kappa shape index (κ3) is 6.41. The number of aromatic nitrogens is 3. The lowest BCUT2D eigenvalue weighted by Gasteiger charge is -2.11. The minimum absolute atomic E-state index is 0.133. The highest BCUT2D eigenvalue weighted by Gasteiger charge is 2.09. The minimum atomic E-state index is -0.379. The Balaban J connectivity index is 1.32. The Kier molecular flexibility index (Phi) is 7.83. The van der Waals surface area contributed by atoms with Crippen LogP contribution in [-0.2, 0) is 6.42 Å². The molecular formula is C25H26N6O3. The van der Waals surface area contributed by atoms with E-state index in [9.17, 15) is 4.79 Å². The van der Waals surface area contributed by atoms with Gasteiger partial charge in [0, 0.05) is 30.7 Å². The van der Waals surface area contributed by atoms with Crippen molar-refractivity contribution < 1.29 is 14.6 Å². The molecule has 9 nitrogen and oxygen atoms in total. The summed E-state index contributed by atoms with van der Waals surface area (Å²) in [7, 11) is 0. The minimum Gasteiger partial charge on any atom is -0.457 e. The smallest absolute Gasteiger partial charge is 0.324 e. The number of nitrogens with one attached hydrogen (secondary N) is 3. The number of amides is 2. The first kappa shape index (κ1) is 23.0.